The van der Waals surface area contributed by atoms with E-state index in [9.17, 15) is 5.26 Å². The molecule has 2 aromatic carbocycles. The molecule has 3 rings (SSSR count). The summed E-state index contributed by atoms with van der Waals surface area (Å²) in [6, 6.07) is 20.4. The summed E-state index contributed by atoms with van der Waals surface area (Å²) in [4.78, 5) is 4.63. The van der Waals surface area contributed by atoms with Gasteiger partial charge in [-0.15, -0.1) is 11.8 Å². The number of benzene rings is 2. The maximum Gasteiger partial charge on any atom is 0.115 e. The van der Waals surface area contributed by atoms with Crippen LogP contribution in [0.25, 0.3) is 10.9 Å². The second-order valence-corrected chi connectivity index (χ2v) is 5.82. The molecule has 0 aliphatic rings. The van der Waals surface area contributed by atoms with Crippen LogP contribution < -0.4 is 0 Å². The molecule has 0 fully saturated rings. The van der Waals surface area contributed by atoms with Gasteiger partial charge in [-0.1, -0.05) is 42.5 Å². The summed E-state index contributed by atoms with van der Waals surface area (Å²) < 4.78 is 0. The quantitative estimate of drug-likeness (QED) is 0.656. The Balaban J connectivity index is 1.93. The largest absolute Gasteiger partial charge is 0.240 e. The van der Waals surface area contributed by atoms with Crippen LogP contribution in [0.2, 0.25) is 0 Å². The Morgan fingerprint density at radius 3 is 2.67 bits per heavy atom. The molecule has 1 aromatic heterocycles. The van der Waals surface area contributed by atoms with Gasteiger partial charge in [0.1, 0.15) is 11.1 Å². The van der Waals surface area contributed by atoms with Crippen molar-refractivity contribution in [1.82, 2.24) is 4.98 Å². The van der Waals surface area contributed by atoms with E-state index in [2.05, 4.69) is 30.1 Å². The zero-order valence-electron chi connectivity index (χ0n) is 11.7. The molecule has 0 saturated heterocycles. The van der Waals surface area contributed by atoms with E-state index in [1.165, 1.54) is 11.1 Å². The van der Waals surface area contributed by atoms with Crippen molar-refractivity contribution in [3.63, 3.8) is 0 Å². The fourth-order valence-corrected chi connectivity index (χ4v) is 3.25. The third kappa shape index (κ3) is 2.91. The monoisotopic (exact) mass is 290 g/mol. The molecule has 0 aliphatic carbocycles. The van der Waals surface area contributed by atoms with Crippen LogP contribution in [0.5, 0.6) is 0 Å². The molecular weight excluding hydrogens is 276 g/mol. The Labute approximate surface area is 128 Å². The second kappa shape index (κ2) is 5.99. The molecule has 0 spiro atoms. The van der Waals surface area contributed by atoms with E-state index in [-0.39, 0.29) is 0 Å². The summed E-state index contributed by atoms with van der Waals surface area (Å²) in [5.41, 5.74) is 4.13. The standard InChI is InChI=1S/C18H14N2S/c1-13-6-2-3-8-15(13)12-21-18-16(11-19)10-14-7-4-5-9-17(14)20-18/h2-10H,12H2,1H3. The van der Waals surface area contributed by atoms with Crippen molar-refractivity contribution in [1.29, 1.82) is 5.26 Å². The molecule has 0 amide bonds. The maximum atomic E-state index is 9.33. The third-order valence-corrected chi connectivity index (χ3v) is 4.48. The van der Waals surface area contributed by atoms with E-state index in [1.807, 2.05) is 42.5 Å². The van der Waals surface area contributed by atoms with Gasteiger partial charge in [-0.25, -0.2) is 4.98 Å². The van der Waals surface area contributed by atoms with Gasteiger partial charge < -0.3 is 0 Å². The predicted molar refractivity (Wildman–Crippen MR) is 87.2 cm³/mol. The molecule has 1 heterocycles. The number of rotatable bonds is 3. The molecule has 102 valence electrons. The highest BCUT2D eigenvalue weighted by atomic mass is 32.2. The van der Waals surface area contributed by atoms with Gasteiger partial charge in [-0.05, 0) is 30.2 Å². The third-order valence-electron chi connectivity index (χ3n) is 3.44. The Hall–Kier alpha value is -2.31. The van der Waals surface area contributed by atoms with E-state index >= 15 is 0 Å². The topological polar surface area (TPSA) is 36.7 Å². The average molecular weight is 290 g/mol. The minimum absolute atomic E-state index is 0.646. The van der Waals surface area contributed by atoms with Gasteiger partial charge in [-0.3, -0.25) is 0 Å². The molecule has 0 atom stereocenters. The van der Waals surface area contributed by atoms with Crippen molar-refractivity contribution in [3.05, 3.63) is 71.3 Å². The van der Waals surface area contributed by atoms with Crippen LogP contribution in [0.4, 0.5) is 0 Å². The van der Waals surface area contributed by atoms with E-state index in [0.717, 1.165) is 21.7 Å². The van der Waals surface area contributed by atoms with Crippen LogP contribution in [0, 0.1) is 18.3 Å². The lowest BCUT2D eigenvalue weighted by Crippen LogP contribution is -1.91. The maximum absolute atomic E-state index is 9.33. The molecule has 0 saturated carbocycles. The predicted octanol–water partition coefficient (Wildman–Crippen LogP) is 4.71. The number of hydrogen-bond donors (Lipinski definition) is 0. The smallest absolute Gasteiger partial charge is 0.115 e. The van der Waals surface area contributed by atoms with E-state index in [0.29, 0.717) is 5.56 Å². The van der Waals surface area contributed by atoms with Gasteiger partial charge >= 0.3 is 0 Å². The zero-order chi connectivity index (χ0) is 14.7. The molecule has 21 heavy (non-hydrogen) atoms. The molecule has 0 aliphatic heterocycles. The number of aromatic nitrogens is 1. The van der Waals surface area contributed by atoms with Gasteiger partial charge in [0.05, 0.1) is 11.1 Å². The van der Waals surface area contributed by atoms with Crippen LogP contribution in [0.1, 0.15) is 16.7 Å². The number of thioether (sulfide) groups is 1. The van der Waals surface area contributed by atoms with Crippen molar-refractivity contribution in [3.8, 4) is 6.07 Å². The first-order valence-electron chi connectivity index (χ1n) is 6.75. The van der Waals surface area contributed by atoms with Crippen molar-refractivity contribution in [2.45, 2.75) is 17.7 Å². The minimum atomic E-state index is 0.646. The summed E-state index contributed by atoms with van der Waals surface area (Å²) in [7, 11) is 0. The number of para-hydroxylation sites is 1. The average Bonchev–Trinajstić information content (AvgIpc) is 2.53. The van der Waals surface area contributed by atoms with Gasteiger partial charge in [0.25, 0.3) is 0 Å². The van der Waals surface area contributed by atoms with Crippen molar-refractivity contribution in [2.24, 2.45) is 0 Å². The number of hydrogen-bond acceptors (Lipinski definition) is 3. The first kappa shape index (κ1) is 13.7. The number of aryl methyl sites for hydroxylation is 1. The summed E-state index contributed by atoms with van der Waals surface area (Å²) >= 11 is 1.62. The Morgan fingerprint density at radius 1 is 1.10 bits per heavy atom. The first-order valence-corrected chi connectivity index (χ1v) is 7.73. The lowest BCUT2D eigenvalue weighted by atomic mass is 10.1. The van der Waals surface area contributed by atoms with Crippen LogP contribution in [-0.2, 0) is 5.75 Å². The summed E-state index contributed by atoms with van der Waals surface area (Å²) in [6.07, 6.45) is 0. The van der Waals surface area contributed by atoms with Crippen molar-refractivity contribution >= 4 is 22.7 Å². The number of fused-ring (bicyclic) bond motifs is 1. The van der Waals surface area contributed by atoms with Crippen LogP contribution in [-0.4, -0.2) is 4.98 Å². The molecule has 3 aromatic rings. The van der Waals surface area contributed by atoms with E-state index in [1.54, 1.807) is 11.8 Å². The number of nitriles is 1. The molecule has 0 N–H and O–H groups in total. The Bertz CT molecular complexity index is 834. The molecular formula is C18H14N2S. The number of pyridine rings is 1. The Kier molecular flexibility index (Phi) is 3.89. The molecule has 0 bridgehead atoms. The minimum Gasteiger partial charge on any atom is -0.240 e. The highest BCUT2D eigenvalue weighted by molar-refractivity contribution is 7.98. The number of nitrogens with zero attached hydrogens (tertiary/aromatic N) is 2. The van der Waals surface area contributed by atoms with Crippen molar-refractivity contribution in [2.75, 3.05) is 0 Å². The summed E-state index contributed by atoms with van der Waals surface area (Å²) in [6.45, 7) is 2.11. The molecule has 2 nitrogen and oxygen atoms in total. The van der Waals surface area contributed by atoms with E-state index < -0.39 is 0 Å². The zero-order valence-corrected chi connectivity index (χ0v) is 12.5. The fourth-order valence-electron chi connectivity index (χ4n) is 2.21. The van der Waals surface area contributed by atoms with Crippen molar-refractivity contribution < 1.29 is 0 Å². The molecule has 0 radical (unpaired) electrons. The lowest BCUT2D eigenvalue weighted by molar-refractivity contribution is 1.15. The highest BCUT2D eigenvalue weighted by Gasteiger charge is 2.08. The van der Waals surface area contributed by atoms with Crippen LogP contribution in [0.15, 0.2) is 59.6 Å². The molecule has 3 heteroatoms. The SMILES string of the molecule is Cc1ccccc1CSc1nc2ccccc2cc1C#N. The van der Waals surface area contributed by atoms with Gasteiger partial charge in [0.2, 0.25) is 0 Å². The van der Waals surface area contributed by atoms with Crippen LogP contribution in [0.3, 0.4) is 0 Å². The lowest BCUT2D eigenvalue weighted by Gasteiger charge is -2.07. The summed E-state index contributed by atoms with van der Waals surface area (Å²) in [5, 5.41) is 11.1. The first-order chi connectivity index (χ1) is 10.3. The van der Waals surface area contributed by atoms with Crippen LogP contribution >= 0.6 is 11.8 Å². The molecule has 0 unspecified atom stereocenters. The van der Waals surface area contributed by atoms with Gasteiger partial charge in [-0.2, -0.15) is 5.26 Å². The second-order valence-electron chi connectivity index (χ2n) is 4.86. The normalized spacial score (nSPS) is 10.5. The van der Waals surface area contributed by atoms with Gasteiger partial charge in [0, 0.05) is 11.1 Å². The highest BCUT2D eigenvalue weighted by Crippen LogP contribution is 2.28. The van der Waals surface area contributed by atoms with Gasteiger partial charge in [0.15, 0.2) is 0 Å². The summed E-state index contributed by atoms with van der Waals surface area (Å²) in [5.74, 6) is 0.826. The van der Waals surface area contributed by atoms with E-state index in [4.69, 9.17) is 0 Å². The Morgan fingerprint density at radius 2 is 1.86 bits per heavy atom. The fraction of sp³-hybridized carbons (Fsp3) is 0.111.